The summed E-state index contributed by atoms with van der Waals surface area (Å²) in [5.41, 5.74) is 3.12. The number of para-hydroxylation sites is 1. The van der Waals surface area contributed by atoms with Crippen molar-refractivity contribution in [3.8, 4) is 0 Å². The highest BCUT2D eigenvalue weighted by atomic mass is 16.3. The molecule has 0 fully saturated rings. The molecule has 0 bridgehead atoms. The fraction of sp³-hybridized carbons (Fsp3) is 0.0455. The van der Waals surface area contributed by atoms with E-state index in [9.17, 15) is 4.79 Å². The first-order valence-electron chi connectivity index (χ1n) is 8.56. The molecule has 0 saturated carbocycles. The number of nitrogens with one attached hydrogen (secondary N) is 1. The number of rotatable bonds is 3. The van der Waals surface area contributed by atoms with Gasteiger partial charge in [-0.1, -0.05) is 42.0 Å². The van der Waals surface area contributed by atoms with Gasteiger partial charge in [-0.25, -0.2) is 9.98 Å². The third-order valence-electron chi connectivity index (χ3n) is 4.07. The lowest BCUT2D eigenvalue weighted by Crippen LogP contribution is -2.22. The lowest BCUT2D eigenvalue weighted by molar-refractivity contribution is 0.102. The van der Waals surface area contributed by atoms with Crippen LogP contribution in [0.4, 0.5) is 11.5 Å². The molecular weight excluding hydrogens is 338 g/mol. The van der Waals surface area contributed by atoms with Crippen molar-refractivity contribution in [2.24, 2.45) is 4.99 Å². The number of hydrogen-bond donors (Lipinski definition) is 1. The van der Waals surface area contributed by atoms with Crippen LogP contribution in [0.15, 0.2) is 88.4 Å². The monoisotopic (exact) mass is 355 g/mol. The molecule has 2 heterocycles. The zero-order valence-electron chi connectivity index (χ0n) is 14.7. The van der Waals surface area contributed by atoms with Crippen molar-refractivity contribution in [1.82, 2.24) is 4.98 Å². The average molecular weight is 355 g/mol. The Morgan fingerprint density at radius 2 is 1.78 bits per heavy atom. The summed E-state index contributed by atoms with van der Waals surface area (Å²) in [5, 5.41) is 3.61. The molecule has 1 N–H and O–H groups in total. The number of benzene rings is 2. The summed E-state index contributed by atoms with van der Waals surface area (Å²) in [6, 6.07) is 22.4. The SMILES string of the molecule is Cc1ccc(N=c2oc3ccccc3cc2C(=O)Nc2ccccn2)cc1. The maximum absolute atomic E-state index is 12.9. The van der Waals surface area contributed by atoms with E-state index in [4.69, 9.17) is 4.42 Å². The van der Waals surface area contributed by atoms with Crippen LogP contribution in [0.1, 0.15) is 15.9 Å². The smallest absolute Gasteiger partial charge is 0.262 e. The van der Waals surface area contributed by atoms with Crippen molar-refractivity contribution in [3.05, 3.63) is 95.7 Å². The third kappa shape index (κ3) is 3.77. The van der Waals surface area contributed by atoms with E-state index in [0.29, 0.717) is 22.7 Å². The van der Waals surface area contributed by atoms with E-state index in [-0.39, 0.29) is 11.5 Å². The molecule has 2 aromatic heterocycles. The first kappa shape index (κ1) is 16.7. The third-order valence-corrected chi connectivity index (χ3v) is 4.07. The molecule has 0 aliphatic carbocycles. The topological polar surface area (TPSA) is 67.5 Å². The lowest BCUT2D eigenvalue weighted by Gasteiger charge is -2.06. The molecule has 4 aromatic rings. The number of amides is 1. The van der Waals surface area contributed by atoms with E-state index in [0.717, 1.165) is 10.9 Å². The van der Waals surface area contributed by atoms with Crippen LogP contribution in [0, 0.1) is 6.92 Å². The van der Waals surface area contributed by atoms with E-state index in [1.165, 1.54) is 0 Å². The van der Waals surface area contributed by atoms with Gasteiger partial charge >= 0.3 is 0 Å². The molecule has 0 unspecified atom stereocenters. The molecule has 0 spiro atoms. The van der Waals surface area contributed by atoms with Crippen molar-refractivity contribution in [2.75, 3.05) is 5.32 Å². The summed E-state index contributed by atoms with van der Waals surface area (Å²) < 4.78 is 5.94. The summed E-state index contributed by atoms with van der Waals surface area (Å²) in [5.74, 6) is 0.144. The molecule has 132 valence electrons. The summed E-state index contributed by atoms with van der Waals surface area (Å²) in [4.78, 5) is 21.5. The minimum Gasteiger partial charge on any atom is -0.438 e. The van der Waals surface area contributed by atoms with Crippen LogP contribution < -0.4 is 10.9 Å². The van der Waals surface area contributed by atoms with Crippen molar-refractivity contribution in [1.29, 1.82) is 0 Å². The van der Waals surface area contributed by atoms with Gasteiger partial charge in [-0.15, -0.1) is 0 Å². The zero-order chi connectivity index (χ0) is 18.6. The molecule has 0 aliphatic heterocycles. The van der Waals surface area contributed by atoms with Crippen molar-refractivity contribution < 1.29 is 9.21 Å². The Morgan fingerprint density at radius 1 is 1.00 bits per heavy atom. The average Bonchev–Trinajstić information content (AvgIpc) is 2.70. The van der Waals surface area contributed by atoms with Crippen LogP contribution >= 0.6 is 0 Å². The predicted molar refractivity (Wildman–Crippen MR) is 105 cm³/mol. The minimum absolute atomic E-state index is 0.256. The number of aryl methyl sites for hydroxylation is 1. The van der Waals surface area contributed by atoms with Gasteiger partial charge in [0.2, 0.25) is 5.55 Å². The van der Waals surface area contributed by atoms with Crippen LogP contribution in [0.5, 0.6) is 0 Å². The van der Waals surface area contributed by atoms with Gasteiger partial charge in [0.25, 0.3) is 5.91 Å². The van der Waals surface area contributed by atoms with Gasteiger partial charge in [0, 0.05) is 11.6 Å². The van der Waals surface area contributed by atoms with Crippen LogP contribution in [0.2, 0.25) is 0 Å². The lowest BCUT2D eigenvalue weighted by atomic mass is 10.1. The maximum atomic E-state index is 12.9. The number of anilines is 1. The normalized spacial score (nSPS) is 11.5. The highest BCUT2D eigenvalue weighted by Gasteiger charge is 2.13. The van der Waals surface area contributed by atoms with Gasteiger partial charge in [0.15, 0.2) is 0 Å². The Morgan fingerprint density at radius 3 is 2.56 bits per heavy atom. The number of aromatic nitrogens is 1. The van der Waals surface area contributed by atoms with Gasteiger partial charge in [-0.05, 0) is 43.3 Å². The molecule has 2 aromatic carbocycles. The van der Waals surface area contributed by atoms with Gasteiger partial charge in [0.1, 0.15) is 17.0 Å². The summed E-state index contributed by atoms with van der Waals surface area (Å²) >= 11 is 0. The molecular formula is C22H17N3O2. The van der Waals surface area contributed by atoms with Crippen molar-refractivity contribution in [2.45, 2.75) is 6.92 Å². The fourth-order valence-corrected chi connectivity index (χ4v) is 2.67. The van der Waals surface area contributed by atoms with Crippen LogP contribution in [-0.2, 0) is 0 Å². The Kier molecular flexibility index (Phi) is 4.49. The molecule has 1 amide bonds. The molecule has 0 radical (unpaired) electrons. The molecule has 0 atom stereocenters. The fourth-order valence-electron chi connectivity index (χ4n) is 2.67. The Balaban J connectivity index is 1.84. The summed E-state index contributed by atoms with van der Waals surface area (Å²) in [7, 11) is 0. The molecule has 0 aliphatic rings. The summed E-state index contributed by atoms with van der Waals surface area (Å²) in [6.07, 6.45) is 1.62. The van der Waals surface area contributed by atoms with Crippen LogP contribution in [0.3, 0.4) is 0 Å². The first-order chi connectivity index (χ1) is 13.2. The van der Waals surface area contributed by atoms with E-state index in [2.05, 4.69) is 15.3 Å². The van der Waals surface area contributed by atoms with Crippen LogP contribution in [0.25, 0.3) is 11.0 Å². The molecule has 27 heavy (non-hydrogen) atoms. The zero-order valence-corrected chi connectivity index (χ0v) is 14.7. The summed E-state index contributed by atoms with van der Waals surface area (Å²) in [6.45, 7) is 2.01. The van der Waals surface area contributed by atoms with Gasteiger partial charge in [-0.3, -0.25) is 4.79 Å². The van der Waals surface area contributed by atoms with E-state index < -0.39 is 0 Å². The van der Waals surface area contributed by atoms with Gasteiger partial charge in [0.05, 0.1) is 5.69 Å². The number of pyridine rings is 1. The predicted octanol–water partition coefficient (Wildman–Crippen LogP) is 4.62. The Bertz CT molecular complexity index is 1160. The first-order valence-corrected chi connectivity index (χ1v) is 8.56. The van der Waals surface area contributed by atoms with Crippen molar-refractivity contribution >= 4 is 28.4 Å². The number of carbonyl (C=O) groups excluding carboxylic acids is 1. The molecule has 5 heteroatoms. The van der Waals surface area contributed by atoms with Gasteiger partial charge < -0.3 is 9.73 Å². The van der Waals surface area contributed by atoms with Crippen molar-refractivity contribution in [3.63, 3.8) is 0 Å². The Labute approximate surface area is 156 Å². The van der Waals surface area contributed by atoms with E-state index in [1.54, 1.807) is 24.4 Å². The number of carbonyl (C=O) groups is 1. The second kappa shape index (κ2) is 7.25. The largest absolute Gasteiger partial charge is 0.438 e. The number of hydrogen-bond acceptors (Lipinski definition) is 4. The minimum atomic E-state index is -0.325. The number of fused-ring (bicyclic) bond motifs is 1. The van der Waals surface area contributed by atoms with Gasteiger partial charge in [-0.2, -0.15) is 0 Å². The Hall–Kier alpha value is -3.73. The maximum Gasteiger partial charge on any atom is 0.262 e. The highest BCUT2D eigenvalue weighted by Crippen LogP contribution is 2.16. The number of nitrogens with zero attached hydrogens (tertiary/aromatic N) is 2. The second-order valence-corrected chi connectivity index (χ2v) is 6.12. The van der Waals surface area contributed by atoms with E-state index in [1.807, 2.05) is 61.5 Å². The standard InChI is InChI=1S/C22H17N3O2/c1-15-9-11-17(12-10-15)24-22-18(14-16-6-2-3-7-19(16)27-22)21(26)25-20-8-4-5-13-23-20/h2-14H,1H3,(H,23,25,26). The molecule has 0 saturated heterocycles. The molecule has 4 rings (SSSR count). The van der Waals surface area contributed by atoms with E-state index >= 15 is 0 Å². The quantitative estimate of drug-likeness (QED) is 0.583. The highest BCUT2D eigenvalue weighted by molar-refractivity contribution is 6.04. The van der Waals surface area contributed by atoms with Crippen LogP contribution in [-0.4, -0.2) is 10.9 Å². The molecule has 5 nitrogen and oxygen atoms in total. The second-order valence-electron chi connectivity index (χ2n) is 6.12.